The molecule has 0 saturated carbocycles. The van der Waals surface area contributed by atoms with Gasteiger partial charge in [0.05, 0.1) is 24.3 Å². The van der Waals surface area contributed by atoms with E-state index in [1.54, 1.807) is 0 Å². The summed E-state index contributed by atoms with van der Waals surface area (Å²) in [6.07, 6.45) is 0. The van der Waals surface area contributed by atoms with Crippen LogP contribution in [0.1, 0.15) is 0 Å². The lowest BCUT2D eigenvalue weighted by Gasteiger charge is -2.27. The number of carbonyl (C=O) groups excluding carboxylic acids is 1. The van der Waals surface area contributed by atoms with Gasteiger partial charge in [0.2, 0.25) is 0 Å². The van der Waals surface area contributed by atoms with Crippen LogP contribution in [0.2, 0.25) is 0 Å². The summed E-state index contributed by atoms with van der Waals surface area (Å²) in [4.78, 5) is 23.4. The Morgan fingerprint density at radius 3 is 2.89 bits per heavy atom. The summed E-state index contributed by atoms with van der Waals surface area (Å²) in [7, 11) is 1.45. The molecule has 1 fully saturated rings. The van der Waals surface area contributed by atoms with Gasteiger partial charge in [-0.25, -0.2) is 0 Å². The second kappa shape index (κ2) is 5.01. The highest BCUT2D eigenvalue weighted by Crippen LogP contribution is 2.32. The van der Waals surface area contributed by atoms with E-state index in [2.05, 4.69) is 0 Å². The minimum atomic E-state index is -0.506. The summed E-state index contributed by atoms with van der Waals surface area (Å²) in [6, 6.07) is 4.16. The molecule has 2 rings (SSSR count). The fourth-order valence-electron chi connectivity index (χ4n) is 1.78. The molecule has 0 aliphatic carbocycles. The molecule has 0 spiro atoms. The van der Waals surface area contributed by atoms with Gasteiger partial charge in [0.25, 0.3) is 11.6 Å². The fraction of sp³-hybridized carbons (Fsp3) is 0.364. The lowest BCUT2D eigenvalue weighted by molar-refractivity contribution is -0.384. The van der Waals surface area contributed by atoms with E-state index in [4.69, 9.17) is 9.47 Å². The van der Waals surface area contributed by atoms with Crippen molar-refractivity contribution in [2.75, 3.05) is 31.8 Å². The van der Waals surface area contributed by atoms with Crippen molar-refractivity contribution < 1.29 is 19.2 Å². The first-order valence-electron chi connectivity index (χ1n) is 5.34. The van der Waals surface area contributed by atoms with E-state index >= 15 is 0 Å². The summed E-state index contributed by atoms with van der Waals surface area (Å²) in [5.74, 6) is 0.191. The van der Waals surface area contributed by atoms with Crippen LogP contribution >= 0.6 is 0 Å². The number of hydrogen-bond acceptors (Lipinski definition) is 5. The van der Waals surface area contributed by atoms with E-state index in [-0.39, 0.29) is 18.2 Å². The Balaban J connectivity index is 2.42. The first-order chi connectivity index (χ1) is 8.63. The van der Waals surface area contributed by atoms with Crippen LogP contribution in [0.3, 0.4) is 0 Å². The molecule has 1 aromatic rings. The summed E-state index contributed by atoms with van der Waals surface area (Å²) in [5.41, 5.74) is 0.324. The molecule has 1 heterocycles. The van der Waals surface area contributed by atoms with Gasteiger partial charge >= 0.3 is 0 Å². The van der Waals surface area contributed by atoms with Crippen LogP contribution in [-0.4, -0.2) is 37.7 Å². The number of morpholine rings is 1. The number of nitrogens with zero attached hydrogens (tertiary/aromatic N) is 2. The topological polar surface area (TPSA) is 81.9 Å². The van der Waals surface area contributed by atoms with E-state index in [1.807, 2.05) is 0 Å². The highest BCUT2D eigenvalue weighted by Gasteiger charge is 2.24. The standard InChI is InChI=1S/C11H12N2O5/c1-17-10-3-2-8(13(15)16)6-9(10)12-4-5-18-7-11(12)14/h2-3,6H,4-5,7H2,1H3. The maximum Gasteiger partial charge on any atom is 0.271 e. The van der Waals surface area contributed by atoms with E-state index in [0.29, 0.717) is 24.6 Å². The lowest BCUT2D eigenvalue weighted by Crippen LogP contribution is -2.41. The molecule has 7 nitrogen and oxygen atoms in total. The van der Waals surface area contributed by atoms with E-state index in [1.165, 1.54) is 30.2 Å². The van der Waals surface area contributed by atoms with Crippen molar-refractivity contribution in [2.45, 2.75) is 0 Å². The largest absolute Gasteiger partial charge is 0.495 e. The maximum absolute atomic E-state index is 11.7. The average Bonchev–Trinajstić information content (AvgIpc) is 2.38. The number of anilines is 1. The zero-order chi connectivity index (χ0) is 13.1. The smallest absolute Gasteiger partial charge is 0.271 e. The molecule has 18 heavy (non-hydrogen) atoms. The number of benzene rings is 1. The Morgan fingerprint density at radius 2 is 2.28 bits per heavy atom. The number of methoxy groups -OCH3 is 1. The van der Waals surface area contributed by atoms with Gasteiger partial charge in [-0.3, -0.25) is 14.9 Å². The molecule has 0 N–H and O–H groups in total. The number of rotatable bonds is 3. The average molecular weight is 252 g/mol. The van der Waals surface area contributed by atoms with Crippen molar-refractivity contribution in [2.24, 2.45) is 0 Å². The van der Waals surface area contributed by atoms with Gasteiger partial charge in [-0.15, -0.1) is 0 Å². The zero-order valence-corrected chi connectivity index (χ0v) is 9.79. The molecule has 1 aliphatic heterocycles. The summed E-state index contributed by atoms with van der Waals surface area (Å²) < 4.78 is 10.1. The Hall–Kier alpha value is -2.15. The predicted octanol–water partition coefficient (Wildman–Crippen LogP) is 0.967. The van der Waals surface area contributed by atoms with Crippen LogP contribution < -0.4 is 9.64 Å². The minimum Gasteiger partial charge on any atom is -0.495 e. The third-order valence-electron chi connectivity index (χ3n) is 2.65. The number of non-ortho nitro benzene ring substituents is 1. The van der Waals surface area contributed by atoms with Crippen molar-refractivity contribution >= 4 is 17.3 Å². The number of hydrogen-bond donors (Lipinski definition) is 0. The molecule has 0 atom stereocenters. The quantitative estimate of drug-likeness (QED) is 0.591. The molecule has 0 aromatic heterocycles. The molecular weight excluding hydrogens is 240 g/mol. The number of carbonyl (C=O) groups is 1. The van der Waals surface area contributed by atoms with E-state index in [0.717, 1.165) is 0 Å². The molecule has 96 valence electrons. The number of ether oxygens (including phenoxy) is 2. The summed E-state index contributed by atoms with van der Waals surface area (Å²) in [6.45, 7) is 0.736. The van der Waals surface area contributed by atoms with Gasteiger partial charge in [-0.2, -0.15) is 0 Å². The van der Waals surface area contributed by atoms with Crippen LogP contribution in [0.4, 0.5) is 11.4 Å². The van der Waals surface area contributed by atoms with Gasteiger partial charge in [0.15, 0.2) is 0 Å². The van der Waals surface area contributed by atoms with Crippen LogP contribution in [0.5, 0.6) is 5.75 Å². The lowest BCUT2D eigenvalue weighted by atomic mass is 10.2. The molecule has 0 unspecified atom stereocenters. The van der Waals surface area contributed by atoms with Crippen molar-refractivity contribution in [1.29, 1.82) is 0 Å². The third kappa shape index (κ3) is 2.25. The van der Waals surface area contributed by atoms with Crippen molar-refractivity contribution in [3.8, 4) is 5.75 Å². The van der Waals surface area contributed by atoms with Crippen molar-refractivity contribution in [3.63, 3.8) is 0 Å². The molecule has 1 saturated heterocycles. The van der Waals surface area contributed by atoms with Crippen LogP contribution in [0.15, 0.2) is 18.2 Å². The highest BCUT2D eigenvalue weighted by molar-refractivity contribution is 5.96. The predicted molar refractivity (Wildman–Crippen MR) is 62.8 cm³/mol. The Labute approximate surface area is 103 Å². The molecular formula is C11H12N2O5. The first-order valence-corrected chi connectivity index (χ1v) is 5.34. The van der Waals surface area contributed by atoms with E-state index < -0.39 is 4.92 Å². The third-order valence-corrected chi connectivity index (χ3v) is 2.65. The van der Waals surface area contributed by atoms with Gasteiger partial charge in [0.1, 0.15) is 12.4 Å². The molecule has 7 heteroatoms. The molecule has 1 aromatic carbocycles. The number of nitro benzene ring substituents is 1. The second-order valence-corrected chi connectivity index (χ2v) is 3.71. The molecule has 0 radical (unpaired) electrons. The van der Waals surface area contributed by atoms with Crippen LogP contribution in [-0.2, 0) is 9.53 Å². The maximum atomic E-state index is 11.7. The van der Waals surface area contributed by atoms with Crippen LogP contribution in [0.25, 0.3) is 0 Å². The van der Waals surface area contributed by atoms with Crippen LogP contribution in [0, 0.1) is 10.1 Å². The van der Waals surface area contributed by atoms with Crippen molar-refractivity contribution in [3.05, 3.63) is 28.3 Å². The molecule has 1 aliphatic rings. The number of amides is 1. The Bertz CT molecular complexity index is 488. The van der Waals surface area contributed by atoms with Gasteiger partial charge in [-0.1, -0.05) is 0 Å². The SMILES string of the molecule is COc1ccc([N+](=O)[O-])cc1N1CCOCC1=O. The molecule has 1 amide bonds. The normalized spacial score (nSPS) is 15.6. The monoisotopic (exact) mass is 252 g/mol. The van der Waals surface area contributed by atoms with Gasteiger partial charge < -0.3 is 14.4 Å². The number of nitro groups is 1. The Morgan fingerprint density at radius 1 is 1.50 bits per heavy atom. The van der Waals surface area contributed by atoms with Gasteiger partial charge in [-0.05, 0) is 6.07 Å². The Kier molecular flexibility index (Phi) is 3.42. The van der Waals surface area contributed by atoms with Crippen molar-refractivity contribution in [1.82, 2.24) is 0 Å². The fourth-order valence-corrected chi connectivity index (χ4v) is 1.78. The van der Waals surface area contributed by atoms with E-state index in [9.17, 15) is 14.9 Å². The van der Waals surface area contributed by atoms with Gasteiger partial charge in [0, 0.05) is 18.7 Å². The minimum absolute atomic E-state index is 0.0220. The first kappa shape index (κ1) is 12.3. The second-order valence-electron chi connectivity index (χ2n) is 3.71. The summed E-state index contributed by atoms with van der Waals surface area (Å²) >= 11 is 0. The highest BCUT2D eigenvalue weighted by atomic mass is 16.6. The molecule has 0 bridgehead atoms. The zero-order valence-electron chi connectivity index (χ0n) is 9.79. The summed E-state index contributed by atoms with van der Waals surface area (Å²) in [5, 5.41) is 10.8.